The van der Waals surface area contributed by atoms with Gasteiger partial charge in [0, 0.05) is 30.9 Å². The monoisotopic (exact) mass is 284 g/mol. The van der Waals surface area contributed by atoms with Gasteiger partial charge in [0.25, 0.3) is 0 Å². The molecule has 0 N–H and O–H groups in total. The fraction of sp³-hybridized carbons (Fsp3) is 0.923. The van der Waals surface area contributed by atoms with Crippen molar-refractivity contribution in [2.45, 2.75) is 51.0 Å². The fourth-order valence-electron chi connectivity index (χ4n) is 2.91. The highest BCUT2D eigenvalue weighted by molar-refractivity contribution is 9.09. The van der Waals surface area contributed by atoms with E-state index in [1.165, 1.54) is 45.1 Å². The Bertz CT molecular complexity index is 262. The topological polar surface area (TPSA) is 27.0 Å². The van der Waals surface area contributed by atoms with Crippen molar-refractivity contribution in [2.24, 2.45) is 5.41 Å². The molecule has 0 aromatic heterocycles. The van der Waals surface area contributed by atoms with Crippen LogP contribution in [0.25, 0.3) is 0 Å². The van der Waals surface area contributed by atoms with Gasteiger partial charge in [-0.05, 0) is 31.1 Å². The van der Waals surface area contributed by atoms with E-state index in [2.05, 4.69) is 26.9 Å². The van der Waals surface area contributed by atoms with Crippen molar-refractivity contribution in [2.75, 3.05) is 18.4 Å². The molecule has 2 rings (SSSR count). The van der Waals surface area contributed by atoms with Crippen molar-refractivity contribution in [3.63, 3.8) is 0 Å². The zero-order valence-electron chi connectivity index (χ0n) is 9.92. The molecule has 0 saturated heterocycles. The zero-order chi connectivity index (χ0) is 11.4. The van der Waals surface area contributed by atoms with Crippen LogP contribution >= 0.6 is 15.9 Å². The van der Waals surface area contributed by atoms with Crippen LogP contribution in [0.5, 0.6) is 0 Å². The minimum Gasteiger partial charge on any atom is -0.299 e. The summed E-state index contributed by atoms with van der Waals surface area (Å²) in [6.07, 6.45) is 8.91. The smallest absolute Gasteiger partial charge is 0.0635 e. The SMILES string of the molecule is N#CCCN(CC1(CBr)CCCC1)C1CC1. The van der Waals surface area contributed by atoms with E-state index in [0.29, 0.717) is 11.8 Å². The van der Waals surface area contributed by atoms with Gasteiger partial charge in [-0.3, -0.25) is 4.90 Å². The highest BCUT2D eigenvalue weighted by Crippen LogP contribution is 2.42. The van der Waals surface area contributed by atoms with Crippen LogP contribution in [0.3, 0.4) is 0 Å². The van der Waals surface area contributed by atoms with Crippen LogP contribution in [0, 0.1) is 16.7 Å². The third-order valence-electron chi connectivity index (χ3n) is 4.06. The molecule has 2 aliphatic carbocycles. The highest BCUT2D eigenvalue weighted by Gasteiger charge is 2.38. The lowest BCUT2D eigenvalue weighted by Crippen LogP contribution is -2.39. The Morgan fingerprint density at radius 3 is 2.50 bits per heavy atom. The van der Waals surface area contributed by atoms with Crippen molar-refractivity contribution in [3.05, 3.63) is 0 Å². The van der Waals surface area contributed by atoms with Crippen molar-refractivity contribution >= 4 is 15.9 Å². The van der Waals surface area contributed by atoms with Crippen LogP contribution in [0.15, 0.2) is 0 Å². The van der Waals surface area contributed by atoms with Crippen LogP contribution in [0.4, 0.5) is 0 Å². The largest absolute Gasteiger partial charge is 0.299 e. The molecule has 0 aromatic rings. The third-order valence-corrected chi connectivity index (χ3v) is 5.25. The van der Waals surface area contributed by atoms with Crippen LogP contribution in [-0.2, 0) is 0 Å². The summed E-state index contributed by atoms with van der Waals surface area (Å²) in [6, 6.07) is 3.08. The van der Waals surface area contributed by atoms with Crippen LogP contribution in [-0.4, -0.2) is 29.4 Å². The minimum atomic E-state index is 0.512. The van der Waals surface area contributed by atoms with Crippen molar-refractivity contribution in [3.8, 4) is 6.07 Å². The van der Waals surface area contributed by atoms with E-state index < -0.39 is 0 Å². The Labute approximate surface area is 107 Å². The van der Waals surface area contributed by atoms with Gasteiger partial charge in [-0.25, -0.2) is 0 Å². The van der Waals surface area contributed by atoms with Crippen molar-refractivity contribution in [1.82, 2.24) is 4.90 Å². The quantitative estimate of drug-likeness (QED) is 0.700. The fourth-order valence-corrected chi connectivity index (χ4v) is 3.65. The second-order valence-electron chi connectivity index (χ2n) is 5.45. The summed E-state index contributed by atoms with van der Waals surface area (Å²) in [7, 11) is 0. The van der Waals surface area contributed by atoms with E-state index >= 15 is 0 Å². The van der Waals surface area contributed by atoms with E-state index in [1.807, 2.05) is 0 Å². The van der Waals surface area contributed by atoms with Gasteiger partial charge in [0.1, 0.15) is 0 Å². The normalized spacial score (nSPS) is 23.6. The maximum absolute atomic E-state index is 8.71. The van der Waals surface area contributed by atoms with Gasteiger partial charge in [-0.1, -0.05) is 28.8 Å². The average Bonchev–Trinajstić information content (AvgIpc) is 3.05. The summed E-state index contributed by atoms with van der Waals surface area (Å²) in [6.45, 7) is 2.19. The van der Waals surface area contributed by atoms with Crippen LogP contribution in [0.1, 0.15) is 44.9 Å². The summed E-state index contributed by atoms with van der Waals surface area (Å²) in [5.74, 6) is 0. The number of halogens is 1. The molecule has 0 radical (unpaired) electrons. The Morgan fingerprint density at radius 2 is 2.00 bits per heavy atom. The lowest BCUT2D eigenvalue weighted by Gasteiger charge is -2.34. The predicted molar refractivity (Wildman–Crippen MR) is 69.5 cm³/mol. The number of alkyl halides is 1. The van der Waals surface area contributed by atoms with E-state index in [9.17, 15) is 0 Å². The predicted octanol–water partition coefficient (Wildman–Crippen LogP) is 3.32. The van der Waals surface area contributed by atoms with Gasteiger partial charge in [0.15, 0.2) is 0 Å². The molecule has 0 bridgehead atoms. The number of nitrogens with zero attached hydrogens (tertiary/aromatic N) is 2. The molecule has 0 spiro atoms. The lowest BCUT2D eigenvalue weighted by molar-refractivity contribution is 0.167. The van der Waals surface area contributed by atoms with E-state index in [1.54, 1.807) is 0 Å². The van der Waals surface area contributed by atoms with E-state index in [4.69, 9.17) is 5.26 Å². The average molecular weight is 285 g/mol. The molecule has 0 heterocycles. The van der Waals surface area contributed by atoms with E-state index in [0.717, 1.165) is 17.9 Å². The number of nitriles is 1. The molecule has 3 heteroatoms. The summed E-state index contributed by atoms with van der Waals surface area (Å²) in [4.78, 5) is 2.58. The van der Waals surface area contributed by atoms with Gasteiger partial charge in [-0.2, -0.15) is 5.26 Å². The van der Waals surface area contributed by atoms with Gasteiger partial charge in [0.2, 0.25) is 0 Å². The molecular formula is C13H21BrN2. The van der Waals surface area contributed by atoms with Crippen LogP contribution in [0.2, 0.25) is 0 Å². The Kier molecular flexibility index (Phi) is 4.27. The van der Waals surface area contributed by atoms with Gasteiger partial charge in [-0.15, -0.1) is 0 Å². The third kappa shape index (κ3) is 2.99. The molecule has 90 valence electrons. The maximum Gasteiger partial charge on any atom is 0.0635 e. The molecule has 0 atom stereocenters. The first-order chi connectivity index (χ1) is 7.79. The van der Waals surface area contributed by atoms with Crippen molar-refractivity contribution < 1.29 is 0 Å². The second kappa shape index (κ2) is 5.51. The summed E-state index contributed by atoms with van der Waals surface area (Å²) >= 11 is 3.71. The zero-order valence-corrected chi connectivity index (χ0v) is 11.5. The Balaban J connectivity index is 1.90. The molecular weight excluding hydrogens is 264 g/mol. The summed E-state index contributed by atoms with van der Waals surface area (Å²) in [5.41, 5.74) is 0.512. The Morgan fingerprint density at radius 1 is 1.31 bits per heavy atom. The number of hydrogen-bond acceptors (Lipinski definition) is 2. The molecule has 2 fully saturated rings. The van der Waals surface area contributed by atoms with E-state index in [-0.39, 0.29) is 0 Å². The Hall–Kier alpha value is -0.0700. The maximum atomic E-state index is 8.71. The first kappa shape index (κ1) is 12.4. The highest BCUT2D eigenvalue weighted by atomic mass is 79.9. The molecule has 2 nitrogen and oxygen atoms in total. The van der Waals surface area contributed by atoms with Gasteiger partial charge >= 0.3 is 0 Å². The van der Waals surface area contributed by atoms with Gasteiger partial charge < -0.3 is 0 Å². The summed E-state index contributed by atoms with van der Waals surface area (Å²) in [5, 5.41) is 9.85. The molecule has 0 unspecified atom stereocenters. The molecule has 2 saturated carbocycles. The molecule has 2 aliphatic rings. The van der Waals surface area contributed by atoms with Gasteiger partial charge in [0.05, 0.1) is 6.07 Å². The first-order valence-electron chi connectivity index (χ1n) is 6.47. The minimum absolute atomic E-state index is 0.512. The second-order valence-corrected chi connectivity index (χ2v) is 6.01. The number of hydrogen-bond donors (Lipinski definition) is 0. The first-order valence-corrected chi connectivity index (χ1v) is 7.59. The number of rotatable bonds is 6. The van der Waals surface area contributed by atoms with Crippen molar-refractivity contribution in [1.29, 1.82) is 5.26 Å². The molecule has 0 amide bonds. The molecule has 0 aliphatic heterocycles. The lowest BCUT2D eigenvalue weighted by atomic mass is 9.88. The summed E-state index contributed by atoms with van der Waals surface area (Å²) < 4.78 is 0. The standard InChI is InChI=1S/C13H21BrN2/c14-10-13(6-1-2-7-13)11-16(9-3-8-15)12-4-5-12/h12H,1-7,9-11H2. The molecule has 16 heavy (non-hydrogen) atoms. The molecule has 0 aromatic carbocycles. The van der Waals surface area contributed by atoms with Crippen LogP contribution < -0.4 is 0 Å².